The fourth-order valence-electron chi connectivity index (χ4n) is 4.46. The van der Waals surface area contributed by atoms with Gasteiger partial charge < -0.3 is 19.3 Å². The van der Waals surface area contributed by atoms with E-state index >= 15 is 0 Å². The van der Waals surface area contributed by atoms with Crippen molar-refractivity contribution in [1.29, 1.82) is 0 Å². The van der Waals surface area contributed by atoms with Crippen LogP contribution in [-0.4, -0.2) is 55.2 Å². The normalized spacial score (nSPS) is 18.0. The van der Waals surface area contributed by atoms with Crippen LogP contribution in [0.1, 0.15) is 41.6 Å². The number of methoxy groups -OCH3 is 1. The Hall–Kier alpha value is -3.13. The molecule has 1 amide bonds. The van der Waals surface area contributed by atoms with E-state index in [1.54, 1.807) is 24.1 Å². The second kappa shape index (κ2) is 9.99. The van der Waals surface area contributed by atoms with Crippen LogP contribution in [0.4, 0.5) is 11.4 Å². The van der Waals surface area contributed by atoms with E-state index in [2.05, 4.69) is 0 Å². The van der Waals surface area contributed by atoms with Gasteiger partial charge in [-0.3, -0.25) is 14.9 Å². The largest absolute Gasteiger partial charge is 0.497 e. The molecule has 0 aliphatic carbocycles. The summed E-state index contributed by atoms with van der Waals surface area (Å²) in [4.78, 5) is 28.6. The molecular formula is C24H29N3O5. The number of benzene rings is 2. The average Bonchev–Trinajstić information content (AvgIpc) is 3.52. The van der Waals surface area contributed by atoms with Crippen molar-refractivity contribution >= 4 is 17.3 Å². The van der Waals surface area contributed by atoms with Gasteiger partial charge in [-0.1, -0.05) is 12.1 Å². The van der Waals surface area contributed by atoms with Crippen molar-refractivity contribution in [2.24, 2.45) is 0 Å². The summed E-state index contributed by atoms with van der Waals surface area (Å²) in [6.07, 6.45) is 3.89. The summed E-state index contributed by atoms with van der Waals surface area (Å²) < 4.78 is 11.1. The highest BCUT2D eigenvalue weighted by Crippen LogP contribution is 2.32. The standard InChI is InChI=1S/C24H29N3O5/c1-31-20-7-4-6-18(14-20)16-26(17-21-8-5-13-32-21)24(28)19-9-10-22(23(15-19)27(29)30)25-11-2-3-12-25/h4,6-7,9-10,14-15,21H,2-3,5,8,11-13,16-17H2,1H3. The molecule has 1 atom stereocenters. The molecule has 0 saturated carbocycles. The van der Waals surface area contributed by atoms with Gasteiger partial charge in [0.1, 0.15) is 11.4 Å². The second-order valence-electron chi connectivity index (χ2n) is 8.33. The summed E-state index contributed by atoms with van der Waals surface area (Å²) in [5.41, 5.74) is 1.82. The van der Waals surface area contributed by atoms with Gasteiger partial charge in [-0.15, -0.1) is 0 Å². The minimum atomic E-state index is -0.392. The van der Waals surface area contributed by atoms with E-state index in [4.69, 9.17) is 9.47 Å². The van der Waals surface area contributed by atoms with Crippen LogP contribution in [0, 0.1) is 10.1 Å². The zero-order chi connectivity index (χ0) is 22.5. The number of amides is 1. The fourth-order valence-corrected chi connectivity index (χ4v) is 4.46. The van der Waals surface area contributed by atoms with Crippen molar-refractivity contribution < 1.29 is 19.2 Å². The molecular weight excluding hydrogens is 410 g/mol. The van der Waals surface area contributed by atoms with Gasteiger partial charge in [0.15, 0.2) is 0 Å². The molecule has 0 radical (unpaired) electrons. The van der Waals surface area contributed by atoms with Gasteiger partial charge in [0.05, 0.1) is 18.1 Å². The number of nitrogens with zero attached hydrogens (tertiary/aromatic N) is 3. The number of carbonyl (C=O) groups excluding carboxylic acids is 1. The Morgan fingerprint density at radius 1 is 1.22 bits per heavy atom. The average molecular weight is 440 g/mol. The molecule has 2 aliphatic rings. The van der Waals surface area contributed by atoms with Crippen LogP contribution >= 0.6 is 0 Å². The monoisotopic (exact) mass is 439 g/mol. The number of carbonyl (C=O) groups is 1. The third kappa shape index (κ3) is 5.02. The van der Waals surface area contributed by atoms with Crippen LogP contribution in [0.25, 0.3) is 0 Å². The summed E-state index contributed by atoms with van der Waals surface area (Å²) >= 11 is 0. The number of rotatable bonds is 8. The van der Waals surface area contributed by atoms with E-state index in [9.17, 15) is 14.9 Å². The van der Waals surface area contributed by atoms with Crippen LogP contribution in [0.3, 0.4) is 0 Å². The van der Waals surface area contributed by atoms with Gasteiger partial charge in [-0.25, -0.2) is 0 Å². The van der Waals surface area contributed by atoms with Crippen LogP contribution in [0.5, 0.6) is 5.75 Å². The highest BCUT2D eigenvalue weighted by atomic mass is 16.6. The second-order valence-corrected chi connectivity index (χ2v) is 8.33. The predicted molar refractivity (Wildman–Crippen MR) is 121 cm³/mol. The van der Waals surface area contributed by atoms with E-state index in [0.717, 1.165) is 50.1 Å². The molecule has 4 rings (SSSR count). The lowest BCUT2D eigenvalue weighted by molar-refractivity contribution is -0.384. The molecule has 2 aromatic carbocycles. The number of hydrogen-bond acceptors (Lipinski definition) is 6. The molecule has 2 saturated heterocycles. The molecule has 170 valence electrons. The van der Waals surface area contributed by atoms with E-state index in [1.807, 2.05) is 29.2 Å². The maximum atomic E-state index is 13.5. The lowest BCUT2D eigenvalue weighted by atomic mass is 10.1. The predicted octanol–water partition coefficient (Wildman–Crippen LogP) is 4.03. The molecule has 0 aromatic heterocycles. The minimum Gasteiger partial charge on any atom is -0.497 e. The quantitative estimate of drug-likeness (QED) is 0.456. The molecule has 1 unspecified atom stereocenters. The summed E-state index contributed by atoms with van der Waals surface area (Å²) in [6, 6.07) is 12.4. The third-order valence-corrected chi connectivity index (χ3v) is 6.11. The third-order valence-electron chi connectivity index (χ3n) is 6.11. The summed E-state index contributed by atoms with van der Waals surface area (Å²) in [5.74, 6) is 0.483. The van der Waals surface area contributed by atoms with Gasteiger partial charge >= 0.3 is 0 Å². The fraction of sp³-hybridized carbons (Fsp3) is 0.458. The molecule has 8 heteroatoms. The molecule has 2 aliphatic heterocycles. The Bertz CT molecular complexity index is 968. The Morgan fingerprint density at radius 3 is 2.72 bits per heavy atom. The smallest absolute Gasteiger partial charge is 0.293 e. The molecule has 0 spiro atoms. The number of anilines is 1. The number of hydrogen-bond donors (Lipinski definition) is 0. The SMILES string of the molecule is COc1cccc(CN(CC2CCCO2)C(=O)c2ccc(N3CCCC3)c([N+](=O)[O-])c2)c1. The van der Waals surface area contributed by atoms with Crippen LogP contribution in [0.2, 0.25) is 0 Å². The zero-order valence-corrected chi connectivity index (χ0v) is 18.4. The van der Waals surface area contributed by atoms with Crippen LogP contribution in [0.15, 0.2) is 42.5 Å². The Morgan fingerprint density at radius 2 is 2.03 bits per heavy atom. The Labute approximate surface area is 187 Å². The Kier molecular flexibility index (Phi) is 6.90. The minimum absolute atomic E-state index is 0.0174. The van der Waals surface area contributed by atoms with Gasteiger partial charge in [-0.2, -0.15) is 0 Å². The first-order valence-corrected chi connectivity index (χ1v) is 11.1. The molecule has 2 heterocycles. The molecule has 2 fully saturated rings. The van der Waals surface area contributed by atoms with Crippen molar-refractivity contribution in [3.63, 3.8) is 0 Å². The van der Waals surface area contributed by atoms with Gasteiger partial charge in [0.2, 0.25) is 0 Å². The first kappa shape index (κ1) is 22.1. The number of nitro groups is 1. The Balaban J connectivity index is 1.61. The van der Waals surface area contributed by atoms with Gasteiger partial charge in [0.25, 0.3) is 11.6 Å². The first-order valence-electron chi connectivity index (χ1n) is 11.1. The highest BCUT2D eigenvalue weighted by molar-refractivity contribution is 5.96. The molecule has 8 nitrogen and oxygen atoms in total. The zero-order valence-electron chi connectivity index (χ0n) is 18.4. The molecule has 0 N–H and O–H groups in total. The van der Waals surface area contributed by atoms with Crippen LogP contribution < -0.4 is 9.64 Å². The molecule has 0 bridgehead atoms. The van der Waals surface area contributed by atoms with E-state index in [1.165, 1.54) is 6.07 Å². The van der Waals surface area contributed by atoms with E-state index < -0.39 is 4.92 Å². The van der Waals surface area contributed by atoms with E-state index in [-0.39, 0.29) is 17.7 Å². The van der Waals surface area contributed by atoms with Gasteiger partial charge in [-0.05, 0) is 55.5 Å². The maximum absolute atomic E-state index is 13.5. The van der Waals surface area contributed by atoms with Crippen molar-refractivity contribution in [2.45, 2.75) is 38.3 Å². The maximum Gasteiger partial charge on any atom is 0.293 e. The van der Waals surface area contributed by atoms with Crippen LogP contribution in [-0.2, 0) is 11.3 Å². The van der Waals surface area contributed by atoms with Crippen molar-refractivity contribution in [3.8, 4) is 5.75 Å². The topological polar surface area (TPSA) is 85.2 Å². The van der Waals surface area contributed by atoms with Crippen molar-refractivity contribution in [2.75, 3.05) is 38.3 Å². The first-order chi connectivity index (χ1) is 15.5. The van der Waals surface area contributed by atoms with Crippen molar-refractivity contribution in [3.05, 3.63) is 63.7 Å². The van der Waals surface area contributed by atoms with Crippen molar-refractivity contribution in [1.82, 2.24) is 4.90 Å². The van der Waals surface area contributed by atoms with E-state index in [0.29, 0.717) is 30.9 Å². The lowest BCUT2D eigenvalue weighted by Gasteiger charge is -2.26. The number of nitro benzene ring substituents is 1. The highest BCUT2D eigenvalue weighted by Gasteiger charge is 2.27. The number of ether oxygens (including phenoxy) is 2. The van der Waals surface area contributed by atoms with Gasteiger partial charge in [0, 0.05) is 44.4 Å². The summed E-state index contributed by atoms with van der Waals surface area (Å²) in [5, 5.41) is 11.8. The summed E-state index contributed by atoms with van der Waals surface area (Å²) in [6.45, 7) is 3.11. The summed E-state index contributed by atoms with van der Waals surface area (Å²) in [7, 11) is 1.61. The molecule has 32 heavy (non-hydrogen) atoms. The lowest BCUT2D eigenvalue weighted by Crippen LogP contribution is -2.37. The molecule has 2 aromatic rings.